The molecule has 0 heterocycles. The maximum Gasteiger partial charge on any atom is 0.530 e. The molecule has 0 spiro atoms. The third-order valence-corrected chi connectivity index (χ3v) is 12.3. The third-order valence-electron chi connectivity index (χ3n) is 10.2. The molecular formula is C53H36O7P2. The highest BCUT2D eigenvalue weighted by Crippen LogP contribution is 2.47. The smallest absolute Gasteiger partial charge is 0.408 e. The van der Waals surface area contributed by atoms with E-state index >= 15 is 0 Å². The van der Waals surface area contributed by atoms with Gasteiger partial charge in [0, 0.05) is 0 Å². The number of hydrogen-bond acceptors (Lipinski definition) is 7. The number of carbonyl (C=O) groups excluding carboxylic acids is 1. The number of fused-ring (bicyclic) bond motifs is 4. The molecular weight excluding hydrogens is 811 g/mol. The van der Waals surface area contributed by atoms with E-state index in [2.05, 4.69) is 0 Å². The van der Waals surface area contributed by atoms with Gasteiger partial charge in [0.15, 0.2) is 0 Å². The maximum atomic E-state index is 14.8. The van der Waals surface area contributed by atoms with Crippen LogP contribution in [0.1, 0.15) is 15.9 Å². The highest BCUT2D eigenvalue weighted by atomic mass is 31.2. The minimum Gasteiger partial charge on any atom is -0.408 e. The number of hydrogen-bond donors (Lipinski definition) is 0. The monoisotopic (exact) mass is 846 g/mol. The Morgan fingerprint density at radius 3 is 0.839 bits per heavy atom. The quantitative estimate of drug-likeness (QED) is 0.0797. The van der Waals surface area contributed by atoms with Crippen LogP contribution in [0.25, 0.3) is 43.1 Å². The molecule has 0 N–H and O–H groups in total. The van der Waals surface area contributed by atoms with E-state index in [9.17, 15) is 4.79 Å². The molecule has 0 amide bonds. The summed E-state index contributed by atoms with van der Waals surface area (Å²) < 4.78 is 39.1. The highest BCUT2D eigenvalue weighted by molar-refractivity contribution is 7.43. The molecule has 0 atom stereocenters. The lowest BCUT2D eigenvalue weighted by Crippen LogP contribution is -2.09. The van der Waals surface area contributed by atoms with Gasteiger partial charge in [0.25, 0.3) is 0 Å². The lowest BCUT2D eigenvalue weighted by Gasteiger charge is -2.21. The first kappa shape index (κ1) is 38.8. The molecule has 0 unspecified atom stereocenters. The molecule has 10 aromatic rings. The Balaban J connectivity index is 0.962. The van der Waals surface area contributed by atoms with Gasteiger partial charge in [-0.15, -0.1) is 0 Å². The normalized spacial score (nSPS) is 11.3. The Morgan fingerprint density at radius 1 is 0.274 bits per heavy atom. The number of benzene rings is 10. The zero-order valence-electron chi connectivity index (χ0n) is 33.0. The van der Waals surface area contributed by atoms with Crippen LogP contribution in [0.5, 0.6) is 34.5 Å². The van der Waals surface area contributed by atoms with Gasteiger partial charge in [-0.1, -0.05) is 146 Å². The second kappa shape index (κ2) is 17.7. The van der Waals surface area contributed by atoms with Gasteiger partial charge < -0.3 is 27.1 Å². The molecule has 300 valence electrons. The summed E-state index contributed by atoms with van der Waals surface area (Å²) in [5, 5.41) is 8.33. The van der Waals surface area contributed by atoms with Crippen LogP contribution in [-0.2, 0) is 0 Å². The molecule has 0 aliphatic heterocycles. The van der Waals surface area contributed by atoms with E-state index in [1.165, 1.54) is 0 Å². The summed E-state index contributed by atoms with van der Waals surface area (Å²) in [6.45, 7) is 0. The summed E-state index contributed by atoms with van der Waals surface area (Å²) in [7, 11) is -4.27. The zero-order valence-corrected chi connectivity index (χ0v) is 34.8. The van der Waals surface area contributed by atoms with Gasteiger partial charge in [0.05, 0.1) is 11.1 Å². The molecule has 0 aromatic heterocycles. The molecule has 7 nitrogen and oxygen atoms in total. The maximum absolute atomic E-state index is 14.8. The van der Waals surface area contributed by atoms with Gasteiger partial charge >= 0.3 is 17.2 Å². The topological polar surface area (TPSA) is 72.5 Å². The Bertz CT molecular complexity index is 2850. The molecule has 10 aromatic carbocycles. The number of carbonyl (C=O) groups is 1. The van der Waals surface area contributed by atoms with E-state index in [0.29, 0.717) is 23.0 Å². The van der Waals surface area contributed by atoms with E-state index < -0.39 is 17.2 Å². The van der Waals surface area contributed by atoms with Crippen molar-refractivity contribution in [2.75, 3.05) is 0 Å². The lowest BCUT2D eigenvalue weighted by molar-refractivity contribution is 0.103. The first-order valence-electron chi connectivity index (χ1n) is 19.9. The fraction of sp³-hybridized carbons (Fsp3) is 0. The number of rotatable bonds is 14. The van der Waals surface area contributed by atoms with Crippen molar-refractivity contribution in [3.63, 3.8) is 0 Å². The van der Waals surface area contributed by atoms with Gasteiger partial charge in [0.2, 0.25) is 5.78 Å². The van der Waals surface area contributed by atoms with Gasteiger partial charge in [-0.3, -0.25) is 4.79 Å². The molecule has 0 aliphatic rings. The number of para-hydroxylation sites is 2. The largest absolute Gasteiger partial charge is 0.530 e. The fourth-order valence-electron chi connectivity index (χ4n) is 7.13. The van der Waals surface area contributed by atoms with Crippen LogP contribution in [0.3, 0.4) is 0 Å². The fourth-order valence-corrected chi connectivity index (χ4v) is 9.13. The molecule has 62 heavy (non-hydrogen) atoms. The summed E-state index contributed by atoms with van der Waals surface area (Å²) in [5.41, 5.74) is 0.575. The predicted octanol–water partition coefficient (Wildman–Crippen LogP) is 15.1. The molecule has 9 heteroatoms. The second-order valence-electron chi connectivity index (χ2n) is 14.4. The van der Waals surface area contributed by atoms with Crippen molar-refractivity contribution in [3.8, 4) is 34.5 Å². The summed E-state index contributed by atoms with van der Waals surface area (Å²) in [5.74, 6) is 2.46. The van der Waals surface area contributed by atoms with E-state index in [1.807, 2.05) is 182 Å². The van der Waals surface area contributed by atoms with Crippen LogP contribution in [0.15, 0.2) is 218 Å². The SMILES string of the molecule is O=C(c1ccccc1OP(Oc1ccc2ccccc2c1)Oc1ccc2ccccc2c1)c1ccccc1OP(Oc1ccc2ccccc2c1)Oc1ccc2ccccc2c1. The molecule has 0 radical (unpaired) electrons. The van der Waals surface area contributed by atoms with Crippen LogP contribution in [0, 0.1) is 0 Å². The highest BCUT2D eigenvalue weighted by Gasteiger charge is 2.28. The first-order chi connectivity index (χ1) is 30.6. The van der Waals surface area contributed by atoms with E-state index in [4.69, 9.17) is 27.1 Å². The van der Waals surface area contributed by atoms with Crippen LogP contribution in [0.4, 0.5) is 0 Å². The van der Waals surface area contributed by atoms with Gasteiger partial charge in [0.1, 0.15) is 34.5 Å². The average Bonchev–Trinajstić information content (AvgIpc) is 3.31. The van der Waals surface area contributed by atoms with Crippen molar-refractivity contribution in [2.45, 2.75) is 0 Å². The van der Waals surface area contributed by atoms with E-state index in [0.717, 1.165) is 43.1 Å². The number of ketones is 1. The Hall–Kier alpha value is -7.43. The van der Waals surface area contributed by atoms with Crippen molar-refractivity contribution in [2.24, 2.45) is 0 Å². The van der Waals surface area contributed by atoms with Crippen LogP contribution >= 0.6 is 17.2 Å². The van der Waals surface area contributed by atoms with Crippen molar-refractivity contribution in [1.29, 1.82) is 0 Å². The minimum atomic E-state index is -2.13. The summed E-state index contributed by atoms with van der Waals surface area (Å²) in [4.78, 5) is 14.8. The van der Waals surface area contributed by atoms with Gasteiger partial charge in [-0.05, 0) is 116 Å². The van der Waals surface area contributed by atoms with Crippen molar-refractivity contribution >= 4 is 66.1 Å². The summed E-state index contributed by atoms with van der Waals surface area (Å²) >= 11 is 0. The molecule has 0 fully saturated rings. The Morgan fingerprint density at radius 2 is 0.532 bits per heavy atom. The van der Waals surface area contributed by atoms with Crippen molar-refractivity contribution in [1.82, 2.24) is 0 Å². The predicted molar refractivity (Wildman–Crippen MR) is 250 cm³/mol. The standard InChI is InChI=1S/C53H36O7P2/c54-53(49-21-9-11-23-51(49)59-61(55-45-29-25-37-13-1-5-17-41(37)33-45)56-46-30-26-38-14-2-6-18-42(38)34-46)50-22-10-12-24-52(50)60-62(57-47-31-27-39-15-3-7-19-43(39)35-47)58-48-32-28-40-16-4-8-20-44(40)36-48/h1-36H. The average molecular weight is 847 g/mol. The minimum absolute atomic E-state index is 0.280. The molecule has 10 rings (SSSR count). The molecule has 0 saturated heterocycles. The van der Waals surface area contributed by atoms with E-state index in [1.54, 1.807) is 36.4 Å². The van der Waals surface area contributed by atoms with Crippen LogP contribution in [-0.4, -0.2) is 5.78 Å². The lowest BCUT2D eigenvalue weighted by atomic mass is 10.0. The first-order valence-corrected chi connectivity index (χ1v) is 22.1. The van der Waals surface area contributed by atoms with E-state index in [-0.39, 0.29) is 28.4 Å². The summed E-state index contributed by atoms with van der Waals surface area (Å²) in [6.07, 6.45) is 0. The second-order valence-corrected chi connectivity index (χ2v) is 16.3. The molecule has 0 saturated carbocycles. The molecule has 0 bridgehead atoms. The van der Waals surface area contributed by atoms with Crippen LogP contribution in [0.2, 0.25) is 0 Å². The Kier molecular flexibility index (Phi) is 11.0. The summed E-state index contributed by atoms with van der Waals surface area (Å²) in [6, 6.07) is 69.5. The third kappa shape index (κ3) is 8.73. The van der Waals surface area contributed by atoms with Gasteiger partial charge in [-0.2, -0.15) is 0 Å². The van der Waals surface area contributed by atoms with Crippen LogP contribution < -0.4 is 27.1 Å². The van der Waals surface area contributed by atoms with Crippen molar-refractivity contribution < 1.29 is 31.9 Å². The van der Waals surface area contributed by atoms with Gasteiger partial charge in [-0.25, -0.2) is 0 Å². The molecule has 0 aliphatic carbocycles. The van der Waals surface area contributed by atoms with Crippen molar-refractivity contribution in [3.05, 3.63) is 230 Å². The Labute approximate surface area is 360 Å². The zero-order chi connectivity index (χ0) is 41.7.